The lowest BCUT2D eigenvalue weighted by Gasteiger charge is -2.43. The summed E-state index contributed by atoms with van der Waals surface area (Å²) >= 11 is 4.93. The average Bonchev–Trinajstić information content (AvgIpc) is 2.85. The van der Waals surface area contributed by atoms with Gasteiger partial charge in [-0.05, 0) is 72.4 Å². The predicted molar refractivity (Wildman–Crippen MR) is 116 cm³/mol. The quantitative estimate of drug-likeness (QED) is 0.543. The first-order valence-electron chi connectivity index (χ1n) is 10.1. The van der Waals surface area contributed by atoms with E-state index in [0.29, 0.717) is 18.2 Å². The van der Waals surface area contributed by atoms with E-state index in [2.05, 4.69) is 9.71 Å². The van der Waals surface area contributed by atoms with E-state index in [1.165, 1.54) is 0 Å². The van der Waals surface area contributed by atoms with Gasteiger partial charge in [0.05, 0.1) is 6.04 Å². The number of hydrogen-bond donors (Lipinski definition) is 1. The summed E-state index contributed by atoms with van der Waals surface area (Å²) in [6.45, 7) is 12.7. The molecule has 0 radical (unpaired) electrons. The molecule has 29 heavy (non-hydrogen) atoms. The summed E-state index contributed by atoms with van der Waals surface area (Å²) in [6, 6.07) is 3.71. The number of hydrogen-bond acceptors (Lipinski definition) is 5. The first-order chi connectivity index (χ1) is 13.3. The Labute approximate surface area is 182 Å². The molecular formula is C21H32ClN3O3S. The maximum Gasteiger partial charge on any atom is 0.410 e. The summed E-state index contributed by atoms with van der Waals surface area (Å²) in [7, 11) is 0. The number of fused-ring (bicyclic) bond motifs is 1. The van der Waals surface area contributed by atoms with Crippen molar-refractivity contribution in [2.45, 2.75) is 77.2 Å². The molecule has 3 rings (SSSR count). The van der Waals surface area contributed by atoms with E-state index in [9.17, 15) is 9.35 Å². The lowest BCUT2D eigenvalue weighted by atomic mass is 9.73. The summed E-state index contributed by atoms with van der Waals surface area (Å²) in [4.78, 5) is 18.8. The van der Waals surface area contributed by atoms with Crippen molar-refractivity contribution in [1.29, 1.82) is 0 Å². The smallest absolute Gasteiger partial charge is 0.410 e. The van der Waals surface area contributed by atoms with Gasteiger partial charge in [0.15, 0.2) is 0 Å². The molecule has 1 amide bonds. The fourth-order valence-corrected chi connectivity index (χ4v) is 5.16. The van der Waals surface area contributed by atoms with E-state index < -0.39 is 17.0 Å². The Hall–Kier alpha value is -1.02. The molecule has 1 N–H and O–H groups in total. The van der Waals surface area contributed by atoms with Crippen molar-refractivity contribution in [3.05, 3.63) is 28.5 Å². The maximum absolute atomic E-state index is 12.9. The van der Waals surface area contributed by atoms with Gasteiger partial charge in [0.1, 0.15) is 15.5 Å². The highest BCUT2D eigenvalue weighted by Crippen LogP contribution is 2.52. The van der Waals surface area contributed by atoms with Crippen molar-refractivity contribution in [1.82, 2.24) is 14.6 Å². The van der Waals surface area contributed by atoms with Crippen LogP contribution in [0.15, 0.2) is 12.1 Å². The van der Waals surface area contributed by atoms with E-state index in [1.807, 2.05) is 47.6 Å². The molecule has 2 heterocycles. The number of carbonyl (C=O) groups excluding carboxylic acids is 1. The van der Waals surface area contributed by atoms with Crippen LogP contribution < -0.4 is 4.72 Å². The molecule has 1 fully saturated rings. The molecule has 0 bridgehead atoms. The normalized spacial score (nSPS) is 22.5. The van der Waals surface area contributed by atoms with Crippen molar-refractivity contribution in [2.75, 3.05) is 13.1 Å². The largest absolute Gasteiger partial charge is 0.598 e. The van der Waals surface area contributed by atoms with E-state index in [1.54, 1.807) is 11.0 Å². The number of ether oxygens (including phenoxy) is 1. The van der Waals surface area contributed by atoms with Gasteiger partial charge in [0.2, 0.25) is 0 Å². The Morgan fingerprint density at radius 1 is 1.28 bits per heavy atom. The highest BCUT2D eigenvalue weighted by Gasteiger charge is 2.51. The Balaban J connectivity index is 1.81. The maximum atomic E-state index is 12.9. The highest BCUT2D eigenvalue weighted by molar-refractivity contribution is 7.90. The highest BCUT2D eigenvalue weighted by atomic mass is 35.5. The zero-order chi connectivity index (χ0) is 21.6. The summed E-state index contributed by atoms with van der Waals surface area (Å²) in [5, 5.41) is 0.475. The number of likely N-dealkylation sites (tertiary alicyclic amines) is 1. The zero-order valence-corrected chi connectivity index (χ0v) is 19.7. The summed E-state index contributed by atoms with van der Waals surface area (Å²) < 4.78 is 21.5. The molecule has 2 aliphatic rings. The van der Waals surface area contributed by atoms with Crippen LogP contribution in [-0.4, -0.2) is 44.0 Å². The van der Waals surface area contributed by atoms with Crippen molar-refractivity contribution in [2.24, 2.45) is 5.41 Å². The SMILES string of the molecule is CC(C)(C)OC(=O)N1CCC2(CC1)Cc1nc(Cl)ccc1[C@H]2N[S@+]([O-])C(C)(C)C. The topological polar surface area (TPSA) is 77.5 Å². The lowest BCUT2D eigenvalue weighted by molar-refractivity contribution is 0.00711. The van der Waals surface area contributed by atoms with Crippen LogP contribution in [0.3, 0.4) is 0 Å². The second-order valence-electron chi connectivity index (χ2n) is 10.1. The van der Waals surface area contributed by atoms with Gasteiger partial charge in [0, 0.05) is 35.6 Å². The molecule has 1 saturated heterocycles. The van der Waals surface area contributed by atoms with Crippen molar-refractivity contribution >= 4 is 29.1 Å². The third-order valence-electron chi connectivity index (χ3n) is 5.61. The summed E-state index contributed by atoms with van der Waals surface area (Å²) in [5.41, 5.74) is 1.38. The Morgan fingerprint density at radius 2 is 1.90 bits per heavy atom. The van der Waals surface area contributed by atoms with Gasteiger partial charge < -0.3 is 14.2 Å². The van der Waals surface area contributed by atoms with E-state index in [0.717, 1.165) is 30.5 Å². The minimum absolute atomic E-state index is 0.0805. The standard InChI is InChI=1S/C21H32ClN3O3S/c1-19(2,3)28-18(26)25-11-9-21(10-12-25)13-15-14(7-8-16(22)23-15)17(21)24-29(27)20(4,5)6/h7-8,17,24H,9-13H2,1-6H3/t17-,29-/m1/s1. The van der Waals surface area contributed by atoms with Crippen LogP contribution in [-0.2, 0) is 22.5 Å². The number of halogens is 1. The Kier molecular flexibility index (Phi) is 6.18. The second-order valence-corrected chi connectivity index (χ2v) is 12.5. The minimum Gasteiger partial charge on any atom is -0.598 e. The number of pyridine rings is 1. The molecule has 162 valence electrons. The van der Waals surface area contributed by atoms with Gasteiger partial charge in [-0.1, -0.05) is 17.7 Å². The van der Waals surface area contributed by atoms with E-state index in [-0.39, 0.29) is 22.3 Å². The first-order valence-corrected chi connectivity index (χ1v) is 11.6. The van der Waals surface area contributed by atoms with Crippen molar-refractivity contribution < 1.29 is 14.1 Å². The van der Waals surface area contributed by atoms with Gasteiger partial charge in [0.25, 0.3) is 0 Å². The van der Waals surface area contributed by atoms with Gasteiger partial charge in [-0.25, -0.2) is 9.78 Å². The first kappa shape index (κ1) is 22.7. The van der Waals surface area contributed by atoms with Crippen LogP contribution in [0.25, 0.3) is 0 Å². The molecule has 0 saturated carbocycles. The van der Waals surface area contributed by atoms with Crippen LogP contribution >= 0.6 is 11.6 Å². The summed E-state index contributed by atoms with van der Waals surface area (Å²) in [5.74, 6) is 0. The van der Waals surface area contributed by atoms with Crippen LogP contribution in [0, 0.1) is 5.41 Å². The number of amides is 1. The number of nitrogens with one attached hydrogen (secondary N) is 1. The lowest BCUT2D eigenvalue weighted by Crippen LogP contribution is -2.51. The molecular weight excluding hydrogens is 410 g/mol. The molecule has 6 nitrogen and oxygen atoms in total. The second kappa shape index (κ2) is 7.91. The van der Waals surface area contributed by atoms with Crippen molar-refractivity contribution in [3.8, 4) is 0 Å². The number of carbonyl (C=O) groups is 1. The summed E-state index contributed by atoms with van der Waals surface area (Å²) in [6.07, 6.45) is 2.08. The fraction of sp³-hybridized carbons (Fsp3) is 0.714. The number of rotatable bonds is 2. The van der Waals surface area contributed by atoms with Crippen LogP contribution in [0.1, 0.15) is 71.7 Å². The number of piperidine rings is 1. The number of aromatic nitrogens is 1. The molecule has 1 aromatic rings. The molecule has 2 atom stereocenters. The third kappa shape index (κ3) is 5.01. The van der Waals surface area contributed by atoms with Gasteiger partial charge in [-0.2, -0.15) is 0 Å². The third-order valence-corrected chi connectivity index (χ3v) is 7.38. The van der Waals surface area contributed by atoms with E-state index >= 15 is 0 Å². The minimum atomic E-state index is -1.21. The molecule has 1 aliphatic carbocycles. The Morgan fingerprint density at radius 3 is 2.45 bits per heavy atom. The molecule has 1 spiro atoms. The molecule has 1 aliphatic heterocycles. The fourth-order valence-electron chi connectivity index (χ4n) is 4.05. The predicted octanol–water partition coefficient (Wildman–Crippen LogP) is 4.40. The van der Waals surface area contributed by atoms with Crippen LogP contribution in [0.2, 0.25) is 5.15 Å². The van der Waals surface area contributed by atoms with Crippen LogP contribution in [0.5, 0.6) is 0 Å². The van der Waals surface area contributed by atoms with Gasteiger partial charge in [-0.3, -0.25) is 0 Å². The average molecular weight is 442 g/mol. The molecule has 1 aromatic heterocycles. The number of nitrogens with zero attached hydrogens (tertiary/aromatic N) is 2. The molecule has 0 aromatic carbocycles. The van der Waals surface area contributed by atoms with Gasteiger partial charge in [-0.15, -0.1) is 4.72 Å². The monoisotopic (exact) mass is 441 g/mol. The molecule has 0 unspecified atom stereocenters. The van der Waals surface area contributed by atoms with Crippen molar-refractivity contribution in [3.63, 3.8) is 0 Å². The zero-order valence-electron chi connectivity index (χ0n) is 18.2. The van der Waals surface area contributed by atoms with Gasteiger partial charge >= 0.3 is 6.09 Å². The van der Waals surface area contributed by atoms with Crippen LogP contribution in [0.4, 0.5) is 4.79 Å². The Bertz CT molecular complexity index is 767. The molecule has 8 heteroatoms. The van der Waals surface area contributed by atoms with E-state index in [4.69, 9.17) is 16.3 Å².